The van der Waals surface area contributed by atoms with E-state index in [1.54, 1.807) is 13.2 Å². The van der Waals surface area contributed by atoms with Gasteiger partial charge in [0.2, 0.25) is 0 Å². The molecule has 0 aliphatic rings. The summed E-state index contributed by atoms with van der Waals surface area (Å²) in [5.41, 5.74) is 0.788. The van der Waals surface area contributed by atoms with Crippen LogP contribution in [-0.2, 0) is 6.54 Å². The Hall–Kier alpha value is -0.160. The fourth-order valence-corrected chi connectivity index (χ4v) is 1.36. The zero-order valence-corrected chi connectivity index (χ0v) is 8.80. The molecule has 12 heavy (non-hydrogen) atoms. The van der Waals surface area contributed by atoms with E-state index in [0.717, 1.165) is 15.1 Å². The first-order valence-corrected chi connectivity index (χ1v) is 4.46. The van der Waals surface area contributed by atoms with E-state index in [0.29, 0.717) is 11.7 Å². The maximum atomic E-state index is 8.95. The number of halogens is 2. The van der Waals surface area contributed by atoms with Crippen molar-refractivity contribution in [3.63, 3.8) is 0 Å². The van der Waals surface area contributed by atoms with Crippen LogP contribution in [0.3, 0.4) is 0 Å². The Balaban J connectivity index is 2.90. The SMILES string of the molecule is CN(O)Cc1cc(Br)cnc1Cl. The van der Waals surface area contributed by atoms with Gasteiger partial charge >= 0.3 is 0 Å². The third kappa shape index (κ3) is 2.71. The van der Waals surface area contributed by atoms with E-state index in [4.69, 9.17) is 16.8 Å². The quantitative estimate of drug-likeness (QED) is 0.647. The second-order valence-electron chi connectivity index (χ2n) is 2.42. The van der Waals surface area contributed by atoms with E-state index >= 15 is 0 Å². The van der Waals surface area contributed by atoms with Crippen LogP contribution in [0, 0.1) is 0 Å². The molecule has 1 rings (SSSR count). The predicted molar refractivity (Wildman–Crippen MR) is 50.2 cm³/mol. The predicted octanol–water partition coefficient (Wildman–Crippen LogP) is 2.32. The summed E-state index contributed by atoms with van der Waals surface area (Å²) in [6, 6.07) is 1.82. The smallest absolute Gasteiger partial charge is 0.133 e. The standard InChI is InChI=1S/C7H8BrClN2O/c1-11(12)4-5-2-6(8)3-10-7(5)9/h2-3,12H,4H2,1H3. The molecule has 0 fully saturated rings. The van der Waals surface area contributed by atoms with E-state index in [2.05, 4.69) is 20.9 Å². The molecular formula is C7H8BrClN2O. The lowest BCUT2D eigenvalue weighted by Crippen LogP contribution is -2.12. The monoisotopic (exact) mass is 250 g/mol. The molecule has 1 aromatic heterocycles. The minimum absolute atomic E-state index is 0.366. The molecule has 0 saturated carbocycles. The van der Waals surface area contributed by atoms with Gasteiger partial charge in [-0.1, -0.05) is 11.6 Å². The molecule has 1 aromatic rings. The first-order chi connectivity index (χ1) is 5.59. The van der Waals surface area contributed by atoms with Crippen molar-refractivity contribution in [2.45, 2.75) is 6.54 Å². The summed E-state index contributed by atoms with van der Waals surface area (Å²) >= 11 is 9.04. The van der Waals surface area contributed by atoms with E-state index in [9.17, 15) is 0 Å². The van der Waals surface area contributed by atoms with Crippen LogP contribution in [0.2, 0.25) is 5.15 Å². The highest BCUT2D eigenvalue weighted by Crippen LogP contribution is 2.18. The Kier molecular flexibility index (Phi) is 3.46. The van der Waals surface area contributed by atoms with Crippen molar-refractivity contribution in [2.75, 3.05) is 7.05 Å². The van der Waals surface area contributed by atoms with Gasteiger partial charge < -0.3 is 5.21 Å². The van der Waals surface area contributed by atoms with Crippen LogP contribution in [0.25, 0.3) is 0 Å². The summed E-state index contributed by atoms with van der Waals surface area (Å²) < 4.78 is 0.851. The Morgan fingerprint density at radius 1 is 1.75 bits per heavy atom. The fraction of sp³-hybridized carbons (Fsp3) is 0.286. The van der Waals surface area contributed by atoms with Gasteiger partial charge in [0, 0.05) is 23.3 Å². The maximum Gasteiger partial charge on any atom is 0.133 e. The van der Waals surface area contributed by atoms with Gasteiger partial charge in [-0.15, -0.1) is 0 Å². The van der Waals surface area contributed by atoms with Crippen LogP contribution in [0.5, 0.6) is 0 Å². The highest BCUT2D eigenvalue weighted by atomic mass is 79.9. The molecule has 66 valence electrons. The average molecular weight is 252 g/mol. The van der Waals surface area contributed by atoms with Crippen molar-refractivity contribution >= 4 is 27.5 Å². The molecule has 0 bridgehead atoms. The van der Waals surface area contributed by atoms with Crippen molar-refractivity contribution < 1.29 is 5.21 Å². The largest absolute Gasteiger partial charge is 0.314 e. The molecule has 0 unspecified atom stereocenters. The average Bonchev–Trinajstić information content (AvgIpc) is 1.96. The number of pyridine rings is 1. The second kappa shape index (κ2) is 4.18. The molecule has 0 amide bonds. The molecule has 3 nitrogen and oxygen atoms in total. The minimum atomic E-state index is 0.366. The Bertz CT molecular complexity index is 280. The second-order valence-corrected chi connectivity index (χ2v) is 3.69. The summed E-state index contributed by atoms with van der Waals surface area (Å²) in [5, 5.41) is 10.4. The van der Waals surface area contributed by atoms with Crippen LogP contribution in [0.4, 0.5) is 0 Å². The molecule has 5 heteroatoms. The Morgan fingerprint density at radius 2 is 2.42 bits per heavy atom. The van der Waals surface area contributed by atoms with Gasteiger partial charge in [-0.05, 0) is 22.0 Å². The molecule has 0 radical (unpaired) electrons. The fourth-order valence-electron chi connectivity index (χ4n) is 0.822. The highest BCUT2D eigenvalue weighted by molar-refractivity contribution is 9.10. The van der Waals surface area contributed by atoms with Crippen LogP contribution in [0.15, 0.2) is 16.7 Å². The Morgan fingerprint density at radius 3 is 3.00 bits per heavy atom. The first-order valence-electron chi connectivity index (χ1n) is 3.29. The van der Waals surface area contributed by atoms with Gasteiger partial charge in [0.1, 0.15) is 5.15 Å². The van der Waals surface area contributed by atoms with Crippen LogP contribution in [0.1, 0.15) is 5.56 Å². The first kappa shape index (κ1) is 9.92. The zero-order chi connectivity index (χ0) is 9.14. The molecule has 1 heterocycles. The number of hydroxylamine groups is 2. The summed E-state index contributed by atoms with van der Waals surface area (Å²) in [6.45, 7) is 0.366. The van der Waals surface area contributed by atoms with Gasteiger partial charge in [0.25, 0.3) is 0 Å². The third-order valence-electron chi connectivity index (χ3n) is 1.28. The lowest BCUT2D eigenvalue weighted by molar-refractivity contribution is -0.0732. The molecule has 0 aliphatic heterocycles. The van der Waals surface area contributed by atoms with Gasteiger partial charge in [-0.2, -0.15) is 5.06 Å². The van der Waals surface area contributed by atoms with Crippen LogP contribution < -0.4 is 0 Å². The summed E-state index contributed by atoms with van der Waals surface area (Å²) in [7, 11) is 1.55. The van der Waals surface area contributed by atoms with Gasteiger partial charge in [-0.25, -0.2) is 4.98 Å². The van der Waals surface area contributed by atoms with Crippen LogP contribution >= 0.6 is 27.5 Å². The number of rotatable bonds is 2. The highest BCUT2D eigenvalue weighted by Gasteiger charge is 2.03. The normalized spacial score (nSPS) is 10.8. The number of aromatic nitrogens is 1. The van der Waals surface area contributed by atoms with Crippen LogP contribution in [-0.4, -0.2) is 22.3 Å². The maximum absolute atomic E-state index is 8.95. The molecule has 1 N–H and O–H groups in total. The summed E-state index contributed by atoms with van der Waals surface area (Å²) in [6.07, 6.45) is 1.61. The number of nitrogens with zero attached hydrogens (tertiary/aromatic N) is 2. The molecule has 0 atom stereocenters. The van der Waals surface area contributed by atoms with Gasteiger partial charge in [0.05, 0.1) is 6.54 Å². The van der Waals surface area contributed by atoms with Crippen molar-refractivity contribution in [1.29, 1.82) is 0 Å². The van der Waals surface area contributed by atoms with E-state index in [-0.39, 0.29) is 0 Å². The number of hydrogen-bond donors (Lipinski definition) is 1. The van der Waals surface area contributed by atoms with Gasteiger partial charge in [0.15, 0.2) is 0 Å². The molecule has 0 saturated heterocycles. The topological polar surface area (TPSA) is 36.4 Å². The minimum Gasteiger partial charge on any atom is -0.314 e. The third-order valence-corrected chi connectivity index (χ3v) is 2.05. The summed E-state index contributed by atoms with van der Waals surface area (Å²) in [5.74, 6) is 0. The number of hydrogen-bond acceptors (Lipinski definition) is 3. The van der Waals surface area contributed by atoms with Crippen molar-refractivity contribution in [1.82, 2.24) is 10.0 Å². The van der Waals surface area contributed by atoms with E-state index < -0.39 is 0 Å². The zero-order valence-electron chi connectivity index (χ0n) is 6.46. The molecule has 0 spiro atoms. The van der Waals surface area contributed by atoms with E-state index in [1.165, 1.54) is 0 Å². The molecule has 0 aromatic carbocycles. The molecule has 0 aliphatic carbocycles. The van der Waals surface area contributed by atoms with Crippen molar-refractivity contribution in [3.8, 4) is 0 Å². The lowest BCUT2D eigenvalue weighted by atomic mass is 10.3. The molecular weight excluding hydrogens is 243 g/mol. The van der Waals surface area contributed by atoms with Crippen molar-refractivity contribution in [3.05, 3.63) is 27.5 Å². The van der Waals surface area contributed by atoms with Crippen molar-refractivity contribution in [2.24, 2.45) is 0 Å². The van der Waals surface area contributed by atoms with Gasteiger partial charge in [-0.3, -0.25) is 0 Å². The Labute approximate surface area is 84.1 Å². The lowest BCUT2D eigenvalue weighted by Gasteiger charge is -2.08. The summed E-state index contributed by atoms with van der Waals surface area (Å²) in [4.78, 5) is 3.91. The van der Waals surface area contributed by atoms with E-state index in [1.807, 2.05) is 6.07 Å².